The molecular weight excluding hydrogens is 358 g/mol. The van der Waals surface area contributed by atoms with Crippen molar-refractivity contribution >= 4 is 26.0 Å². The number of carbonyl (C=O) groups is 1. The van der Waals surface area contributed by atoms with Crippen molar-refractivity contribution in [1.29, 1.82) is 0 Å². The molecule has 1 aliphatic heterocycles. The molecule has 126 valence electrons. The number of carbonyl (C=O) groups excluding carboxylic acids is 1. The lowest BCUT2D eigenvalue weighted by molar-refractivity contribution is 0.0443. The minimum atomic E-state index is -4.72. The molecule has 0 saturated heterocycles. The molecule has 1 heterocycles. The number of fused-ring (bicyclic) bond motifs is 1. The highest BCUT2D eigenvalue weighted by atomic mass is 32.2. The first-order valence-electron chi connectivity index (χ1n) is 6.58. The van der Waals surface area contributed by atoms with E-state index in [2.05, 4.69) is 0 Å². The van der Waals surface area contributed by atoms with Crippen LogP contribution < -0.4 is 0 Å². The molecule has 0 bridgehead atoms. The minimum Gasteiger partial charge on any atom is -0.368 e. The quantitative estimate of drug-likeness (QED) is 0.764. The summed E-state index contributed by atoms with van der Waals surface area (Å²) in [6, 6.07) is 10.1. The third kappa shape index (κ3) is 2.40. The van der Waals surface area contributed by atoms with Crippen LogP contribution in [-0.2, 0) is 20.1 Å². The number of nitrogens with zero attached hydrogens (tertiary/aromatic N) is 1. The highest BCUT2D eigenvalue weighted by molar-refractivity contribution is 7.90. The Labute approximate surface area is 137 Å². The number of sulfonamides is 1. The van der Waals surface area contributed by atoms with Crippen LogP contribution in [0.1, 0.15) is 22.1 Å². The van der Waals surface area contributed by atoms with E-state index < -0.39 is 42.7 Å². The number of aliphatic hydroxyl groups is 1. The molecule has 2 aromatic rings. The maximum atomic E-state index is 12.5. The third-order valence-corrected chi connectivity index (χ3v) is 6.27. The number of rotatable bonds is 3. The number of hydrogen-bond donors (Lipinski definition) is 2. The van der Waals surface area contributed by atoms with Crippen molar-refractivity contribution in [2.75, 3.05) is 0 Å². The van der Waals surface area contributed by atoms with Crippen LogP contribution in [0.25, 0.3) is 0 Å². The lowest BCUT2D eigenvalue weighted by Gasteiger charge is -2.23. The van der Waals surface area contributed by atoms with E-state index in [-0.39, 0.29) is 14.8 Å². The van der Waals surface area contributed by atoms with E-state index in [9.17, 15) is 31.3 Å². The summed E-state index contributed by atoms with van der Waals surface area (Å²) < 4.78 is 57.3. The summed E-state index contributed by atoms with van der Waals surface area (Å²) in [4.78, 5) is 11.4. The van der Waals surface area contributed by atoms with Gasteiger partial charge in [0, 0.05) is 5.56 Å². The first-order valence-corrected chi connectivity index (χ1v) is 9.46. The molecule has 1 aliphatic rings. The molecule has 1 amide bonds. The second-order valence-corrected chi connectivity index (χ2v) is 8.16. The first kappa shape index (κ1) is 16.6. The van der Waals surface area contributed by atoms with Crippen LogP contribution >= 0.6 is 0 Å². The van der Waals surface area contributed by atoms with Gasteiger partial charge in [0.15, 0.2) is 6.23 Å². The summed E-state index contributed by atoms with van der Waals surface area (Å²) in [6.07, 6.45) is -2.10. The Kier molecular flexibility index (Phi) is 3.72. The Balaban J connectivity index is 2.17. The van der Waals surface area contributed by atoms with Gasteiger partial charge < -0.3 is 5.11 Å². The van der Waals surface area contributed by atoms with Gasteiger partial charge in [-0.2, -0.15) is 12.7 Å². The van der Waals surface area contributed by atoms with Crippen molar-refractivity contribution in [2.24, 2.45) is 0 Å². The number of hydrogen-bond acceptors (Lipinski definition) is 6. The van der Waals surface area contributed by atoms with Crippen molar-refractivity contribution in [2.45, 2.75) is 16.0 Å². The summed E-state index contributed by atoms with van der Waals surface area (Å²) in [5.74, 6) is -0.983. The van der Waals surface area contributed by atoms with Crippen molar-refractivity contribution < 1.29 is 31.3 Å². The van der Waals surface area contributed by atoms with Gasteiger partial charge >= 0.3 is 0 Å². The van der Waals surface area contributed by atoms with E-state index in [1.54, 1.807) is 0 Å². The fourth-order valence-corrected chi connectivity index (χ4v) is 4.81. The van der Waals surface area contributed by atoms with E-state index in [0.717, 1.165) is 12.1 Å². The lowest BCUT2D eigenvalue weighted by Crippen LogP contribution is -2.34. The van der Waals surface area contributed by atoms with Gasteiger partial charge in [-0.25, -0.2) is 8.42 Å². The fraction of sp³-hybridized carbons (Fsp3) is 0.0714. The Hall–Kier alpha value is -2.27. The van der Waals surface area contributed by atoms with Gasteiger partial charge in [-0.3, -0.25) is 9.35 Å². The molecule has 0 aromatic heterocycles. The predicted octanol–water partition coefficient (Wildman–Crippen LogP) is 0.769. The van der Waals surface area contributed by atoms with Crippen molar-refractivity contribution in [3.63, 3.8) is 0 Å². The van der Waals surface area contributed by atoms with Crippen LogP contribution in [0.3, 0.4) is 0 Å². The number of aliphatic hydroxyl groups excluding tert-OH is 1. The average Bonchev–Trinajstić information content (AvgIpc) is 2.73. The Morgan fingerprint density at radius 2 is 1.58 bits per heavy atom. The highest BCUT2D eigenvalue weighted by Gasteiger charge is 2.45. The molecule has 2 N–H and O–H groups in total. The largest absolute Gasteiger partial charge is 0.368 e. The first-order chi connectivity index (χ1) is 11.2. The van der Waals surface area contributed by atoms with E-state index >= 15 is 0 Å². The minimum absolute atomic E-state index is 0.124. The molecule has 0 spiro atoms. The molecule has 24 heavy (non-hydrogen) atoms. The van der Waals surface area contributed by atoms with Crippen molar-refractivity contribution in [1.82, 2.24) is 4.31 Å². The van der Waals surface area contributed by atoms with Crippen LogP contribution in [0, 0.1) is 0 Å². The number of benzene rings is 2. The zero-order valence-corrected chi connectivity index (χ0v) is 13.5. The molecule has 0 saturated carbocycles. The van der Waals surface area contributed by atoms with Crippen LogP contribution in [0.4, 0.5) is 0 Å². The van der Waals surface area contributed by atoms with Gasteiger partial charge in [-0.15, -0.1) is 0 Å². The van der Waals surface area contributed by atoms with Crippen LogP contribution in [-0.4, -0.2) is 36.7 Å². The maximum Gasteiger partial charge on any atom is 0.294 e. The topological polar surface area (TPSA) is 129 Å². The Morgan fingerprint density at radius 1 is 1.00 bits per heavy atom. The van der Waals surface area contributed by atoms with Gasteiger partial charge in [0.05, 0.1) is 5.56 Å². The van der Waals surface area contributed by atoms with E-state index in [1.807, 2.05) is 0 Å². The van der Waals surface area contributed by atoms with E-state index in [1.165, 1.54) is 36.4 Å². The average molecular weight is 369 g/mol. The molecule has 1 unspecified atom stereocenters. The molecular formula is C14H11NO7S2. The third-order valence-electron chi connectivity index (χ3n) is 3.55. The van der Waals surface area contributed by atoms with Crippen LogP contribution in [0.15, 0.2) is 58.3 Å². The van der Waals surface area contributed by atoms with Crippen molar-refractivity contribution in [3.05, 3.63) is 59.7 Å². The summed E-state index contributed by atoms with van der Waals surface area (Å²) >= 11 is 0. The molecule has 8 nitrogen and oxygen atoms in total. The summed E-state index contributed by atoms with van der Waals surface area (Å²) in [5.41, 5.74) is -0.550. The molecule has 0 radical (unpaired) electrons. The SMILES string of the molecule is O=C1c2ccccc2S(=O)(=O)N1C(O)c1ccccc1S(=O)(=O)O. The van der Waals surface area contributed by atoms with E-state index in [4.69, 9.17) is 0 Å². The fourth-order valence-electron chi connectivity index (χ4n) is 2.50. The molecule has 3 rings (SSSR count). The Morgan fingerprint density at radius 3 is 2.21 bits per heavy atom. The maximum absolute atomic E-state index is 12.5. The Bertz CT molecular complexity index is 1040. The summed E-state index contributed by atoms with van der Waals surface area (Å²) in [5, 5.41) is 10.4. The molecule has 10 heteroatoms. The molecule has 2 aromatic carbocycles. The number of amides is 1. The molecule has 1 atom stereocenters. The second kappa shape index (κ2) is 5.38. The highest BCUT2D eigenvalue weighted by Crippen LogP contribution is 2.37. The van der Waals surface area contributed by atoms with Gasteiger partial charge in [-0.05, 0) is 18.2 Å². The van der Waals surface area contributed by atoms with Crippen molar-refractivity contribution in [3.8, 4) is 0 Å². The van der Waals surface area contributed by atoms with Gasteiger partial charge in [-0.1, -0.05) is 30.3 Å². The second-order valence-electron chi connectivity index (χ2n) is 4.99. The van der Waals surface area contributed by atoms with Gasteiger partial charge in [0.25, 0.3) is 26.0 Å². The van der Waals surface area contributed by atoms with Gasteiger partial charge in [0.1, 0.15) is 9.79 Å². The lowest BCUT2D eigenvalue weighted by atomic mass is 10.1. The summed E-state index contributed by atoms with van der Waals surface area (Å²) in [6.45, 7) is 0. The van der Waals surface area contributed by atoms with Crippen LogP contribution in [0.5, 0.6) is 0 Å². The smallest absolute Gasteiger partial charge is 0.294 e. The van der Waals surface area contributed by atoms with Crippen LogP contribution in [0.2, 0.25) is 0 Å². The zero-order chi connectivity index (χ0) is 17.7. The van der Waals surface area contributed by atoms with E-state index in [0.29, 0.717) is 0 Å². The van der Waals surface area contributed by atoms with Gasteiger partial charge in [0.2, 0.25) is 0 Å². The summed E-state index contributed by atoms with van der Waals surface area (Å²) in [7, 11) is -9.07. The standard InChI is InChI=1S/C14H11NO7S2/c16-13-9-5-1-3-7-11(9)23(18,19)15(13)14(17)10-6-2-4-8-12(10)24(20,21)22/h1-8,14,17H,(H,20,21,22). The predicted molar refractivity (Wildman–Crippen MR) is 81.0 cm³/mol. The molecule has 0 fully saturated rings. The monoisotopic (exact) mass is 369 g/mol. The normalized spacial score (nSPS) is 17.6. The zero-order valence-electron chi connectivity index (χ0n) is 11.9. The molecule has 0 aliphatic carbocycles.